The third-order valence-corrected chi connectivity index (χ3v) is 6.81. The fourth-order valence-electron chi connectivity index (χ4n) is 4.01. The molecule has 2 heterocycles. The lowest BCUT2D eigenvalue weighted by molar-refractivity contribution is -0.154. The van der Waals surface area contributed by atoms with E-state index in [1.807, 2.05) is 6.26 Å². The first kappa shape index (κ1) is 31.0. The number of carbonyl (C=O) groups is 2. The minimum absolute atomic E-state index is 0.247. The largest absolute Gasteiger partial charge is 0.461 e. The summed E-state index contributed by atoms with van der Waals surface area (Å²) in [6, 6.07) is -0.889. The average molecular weight is 548 g/mol. The Morgan fingerprint density at radius 3 is 2.54 bits per heavy atom. The van der Waals surface area contributed by atoms with Crippen LogP contribution in [0.1, 0.15) is 70.9 Å². The minimum atomic E-state index is -1.65. The number of hydrogen-bond acceptors (Lipinski definition) is 9. The number of rotatable bonds is 16. The van der Waals surface area contributed by atoms with Crippen molar-refractivity contribution in [1.29, 1.82) is 0 Å². The van der Waals surface area contributed by atoms with Crippen LogP contribution in [0.2, 0.25) is 0 Å². The van der Waals surface area contributed by atoms with Crippen molar-refractivity contribution < 1.29 is 33.7 Å². The smallest absolute Gasteiger partial charge is 0.330 e. The van der Waals surface area contributed by atoms with Crippen LogP contribution in [0.5, 0.6) is 0 Å². The second kappa shape index (κ2) is 15.9. The van der Waals surface area contributed by atoms with Crippen LogP contribution in [0.15, 0.2) is 15.8 Å². The molecule has 1 amide bonds. The summed E-state index contributed by atoms with van der Waals surface area (Å²) in [6.45, 7) is 1.68. The Bertz CT molecular complexity index is 987. The highest BCUT2D eigenvalue weighted by Gasteiger charge is 2.45. The SMILES string of the molecule is CCCCCCCCCC(=O)N[C@@H](CCSC)C(=O)OC[C@H]1O[C@@H](n2cc(F)c(=O)[nH]c2=O)[C@H](O)[C@@H]1O. The van der Waals surface area contributed by atoms with Gasteiger partial charge in [-0.1, -0.05) is 45.4 Å². The normalized spacial score (nSPS) is 22.1. The van der Waals surface area contributed by atoms with Gasteiger partial charge in [0.15, 0.2) is 6.23 Å². The fraction of sp³-hybridized carbons (Fsp3) is 0.750. The molecule has 13 heteroatoms. The molecule has 11 nitrogen and oxygen atoms in total. The summed E-state index contributed by atoms with van der Waals surface area (Å²) in [7, 11) is 0. The van der Waals surface area contributed by atoms with Gasteiger partial charge in [-0.3, -0.25) is 19.1 Å². The number of nitrogens with one attached hydrogen (secondary N) is 2. The summed E-state index contributed by atoms with van der Waals surface area (Å²) in [5.41, 5.74) is -2.27. The number of hydrogen-bond donors (Lipinski definition) is 4. The molecule has 4 N–H and O–H groups in total. The van der Waals surface area contributed by atoms with Gasteiger partial charge in [-0.05, 0) is 24.9 Å². The van der Waals surface area contributed by atoms with Crippen LogP contribution in [0.25, 0.3) is 0 Å². The van der Waals surface area contributed by atoms with Crippen LogP contribution in [-0.4, -0.2) is 74.6 Å². The summed E-state index contributed by atoms with van der Waals surface area (Å²) in [4.78, 5) is 50.1. The van der Waals surface area contributed by atoms with E-state index >= 15 is 0 Å². The van der Waals surface area contributed by atoms with Gasteiger partial charge >= 0.3 is 11.7 Å². The van der Waals surface area contributed by atoms with E-state index in [2.05, 4.69) is 12.2 Å². The van der Waals surface area contributed by atoms with E-state index in [9.17, 15) is 33.8 Å². The van der Waals surface area contributed by atoms with E-state index in [4.69, 9.17) is 9.47 Å². The molecule has 210 valence electrons. The number of unbranched alkanes of at least 4 members (excludes halogenated alkanes) is 6. The number of H-pyrrole nitrogens is 1. The molecule has 0 spiro atoms. The number of nitrogens with zero attached hydrogens (tertiary/aromatic N) is 1. The Hall–Kier alpha value is -2.22. The monoisotopic (exact) mass is 547 g/mol. The van der Waals surface area contributed by atoms with Crippen LogP contribution in [-0.2, 0) is 19.1 Å². The van der Waals surface area contributed by atoms with Crippen molar-refractivity contribution >= 4 is 23.6 Å². The Labute approximate surface area is 219 Å². The zero-order valence-electron chi connectivity index (χ0n) is 21.3. The van der Waals surface area contributed by atoms with Crippen molar-refractivity contribution in [2.24, 2.45) is 0 Å². The molecular formula is C24H38FN3O8S. The van der Waals surface area contributed by atoms with E-state index in [1.54, 1.807) is 4.98 Å². The average Bonchev–Trinajstić information content (AvgIpc) is 3.15. The highest BCUT2D eigenvalue weighted by molar-refractivity contribution is 7.98. The van der Waals surface area contributed by atoms with Crippen molar-refractivity contribution in [1.82, 2.24) is 14.9 Å². The molecule has 2 rings (SSSR count). The highest BCUT2D eigenvalue weighted by atomic mass is 32.2. The van der Waals surface area contributed by atoms with Crippen molar-refractivity contribution in [2.75, 3.05) is 18.6 Å². The van der Waals surface area contributed by atoms with Gasteiger partial charge in [-0.15, -0.1) is 0 Å². The molecule has 0 unspecified atom stereocenters. The van der Waals surface area contributed by atoms with Gasteiger partial charge in [0.25, 0.3) is 5.56 Å². The Kier molecular flexibility index (Phi) is 13.3. The van der Waals surface area contributed by atoms with E-state index in [1.165, 1.54) is 31.0 Å². The first-order chi connectivity index (χ1) is 17.7. The lowest BCUT2D eigenvalue weighted by Crippen LogP contribution is -2.43. The topological polar surface area (TPSA) is 160 Å². The van der Waals surface area contributed by atoms with Crippen molar-refractivity contribution in [3.05, 3.63) is 32.9 Å². The number of aliphatic hydroxyl groups is 2. The Morgan fingerprint density at radius 2 is 1.86 bits per heavy atom. The maximum absolute atomic E-state index is 13.6. The Morgan fingerprint density at radius 1 is 1.19 bits per heavy atom. The third kappa shape index (κ3) is 9.55. The maximum Gasteiger partial charge on any atom is 0.330 e. The molecule has 0 saturated carbocycles. The molecule has 0 aliphatic carbocycles. The number of aromatic nitrogens is 2. The first-order valence-electron chi connectivity index (χ1n) is 12.7. The van der Waals surface area contributed by atoms with Gasteiger partial charge in [0.1, 0.15) is 31.0 Å². The summed E-state index contributed by atoms with van der Waals surface area (Å²) in [5.74, 6) is -1.64. The van der Waals surface area contributed by atoms with Gasteiger partial charge in [0, 0.05) is 6.42 Å². The van der Waals surface area contributed by atoms with Crippen LogP contribution < -0.4 is 16.6 Å². The van der Waals surface area contributed by atoms with Gasteiger partial charge in [-0.2, -0.15) is 16.2 Å². The predicted molar refractivity (Wildman–Crippen MR) is 136 cm³/mol. The van der Waals surface area contributed by atoms with Gasteiger partial charge in [0.2, 0.25) is 11.7 Å². The second-order valence-electron chi connectivity index (χ2n) is 9.09. The molecule has 1 aromatic rings. The van der Waals surface area contributed by atoms with Crippen LogP contribution in [0, 0.1) is 5.82 Å². The fourth-order valence-corrected chi connectivity index (χ4v) is 4.48. The van der Waals surface area contributed by atoms with Crippen molar-refractivity contribution in [2.45, 2.75) is 95.3 Å². The number of carbonyl (C=O) groups excluding carboxylic acids is 2. The summed E-state index contributed by atoms with van der Waals surface area (Å²) in [6.07, 6.45) is 4.62. The second-order valence-corrected chi connectivity index (χ2v) is 10.1. The first-order valence-corrected chi connectivity index (χ1v) is 14.1. The molecular weight excluding hydrogens is 509 g/mol. The maximum atomic E-state index is 13.6. The summed E-state index contributed by atoms with van der Waals surface area (Å²) in [5, 5.41) is 23.3. The number of ether oxygens (including phenoxy) is 2. The highest BCUT2D eigenvalue weighted by Crippen LogP contribution is 2.28. The number of halogens is 1. The number of aliphatic hydroxyl groups excluding tert-OH is 2. The molecule has 1 aliphatic heterocycles. The zero-order valence-corrected chi connectivity index (χ0v) is 22.1. The molecule has 1 aliphatic rings. The molecule has 1 aromatic heterocycles. The van der Waals surface area contributed by atoms with Crippen LogP contribution in [0.4, 0.5) is 4.39 Å². The van der Waals surface area contributed by atoms with Gasteiger partial charge in [-0.25, -0.2) is 9.59 Å². The van der Waals surface area contributed by atoms with Gasteiger partial charge in [0.05, 0.1) is 6.20 Å². The van der Waals surface area contributed by atoms with Crippen LogP contribution >= 0.6 is 11.8 Å². The van der Waals surface area contributed by atoms with E-state index < -0.39 is 60.2 Å². The van der Waals surface area contributed by atoms with Gasteiger partial charge < -0.3 is 25.0 Å². The molecule has 5 atom stereocenters. The molecule has 1 saturated heterocycles. The summed E-state index contributed by atoms with van der Waals surface area (Å²) < 4.78 is 25.0. The molecule has 1 fully saturated rings. The standard InChI is InChI=1S/C24H38FN3O8S/c1-3-4-5-6-7-8-9-10-18(29)26-16(11-12-37-2)23(33)35-14-17-19(30)20(31)22(36-17)28-13-15(25)21(32)27-24(28)34/h13,16-17,19-20,22,30-31H,3-12,14H2,1-2H3,(H,26,29)(H,27,32,34)/t16-,17+,19+,20+,22+/m0/s1. The predicted octanol–water partition coefficient (Wildman–Crippen LogP) is 1.22. The van der Waals surface area contributed by atoms with Crippen molar-refractivity contribution in [3.63, 3.8) is 0 Å². The molecule has 0 aromatic carbocycles. The third-order valence-electron chi connectivity index (χ3n) is 6.16. The summed E-state index contributed by atoms with van der Waals surface area (Å²) >= 11 is 1.51. The number of amides is 1. The van der Waals surface area contributed by atoms with E-state index in [0.29, 0.717) is 29.4 Å². The number of esters is 1. The van der Waals surface area contributed by atoms with E-state index in [-0.39, 0.29) is 5.91 Å². The molecule has 0 radical (unpaired) electrons. The zero-order chi connectivity index (χ0) is 27.4. The lowest BCUT2D eigenvalue weighted by atomic mass is 10.1. The minimum Gasteiger partial charge on any atom is -0.461 e. The van der Waals surface area contributed by atoms with Crippen molar-refractivity contribution in [3.8, 4) is 0 Å². The van der Waals surface area contributed by atoms with Crippen LogP contribution in [0.3, 0.4) is 0 Å². The Balaban J connectivity index is 1.88. The molecule has 0 bridgehead atoms. The molecule has 37 heavy (non-hydrogen) atoms. The number of aromatic amines is 1. The number of thioether (sulfide) groups is 1. The van der Waals surface area contributed by atoms with E-state index in [0.717, 1.165) is 25.7 Å². The quantitative estimate of drug-likeness (QED) is 0.176. The lowest BCUT2D eigenvalue weighted by Gasteiger charge is -2.20.